The predicted molar refractivity (Wildman–Crippen MR) is 43.4 cm³/mol. The minimum absolute atomic E-state index is 0.462. The highest BCUT2D eigenvalue weighted by atomic mass is 14.6. The van der Waals surface area contributed by atoms with Crippen LogP contribution in [0, 0.1) is 17.8 Å². The van der Waals surface area contributed by atoms with Gasteiger partial charge in [0, 0.05) is 12.5 Å². The zero-order chi connectivity index (χ0) is 7.40. The summed E-state index contributed by atoms with van der Waals surface area (Å²) in [7, 11) is 0. The largest absolute Gasteiger partial charge is 0.328 e. The maximum atomic E-state index is 5.75. The molecule has 56 valence electrons. The Balaban J connectivity index is 2.22. The molecule has 0 heterocycles. The monoisotopic (exact) mass is 137 g/mol. The van der Waals surface area contributed by atoms with E-state index < -0.39 is 0 Å². The third kappa shape index (κ3) is 2.04. The maximum absolute atomic E-state index is 5.75. The zero-order valence-corrected chi connectivity index (χ0v) is 6.56. The van der Waals surface area contributed by atoms with Gasteiger partial charge in [-0.1, -0.05) is 0 Å². The van der Waals surface area contributed by atoms with Crippen LogP contribution in [0.5, 0.6) is 0 Å². The van der Waals surface area contributed by atoms with Gasteiger partial charge in [-0.25, -0.2) is 0 Å². The first kappa shape index (κ1) is 7.63. The van der Waals surface area contributed by atoms with E-state index in [0.29, 0.717) is 6.04 Å². The molecule has 0 aromatic rings. The number of rotatable bonds is 1. The second-order valence-electron chi connectivity index (χ2n) is 3.07. The van der Waals surface area contributed by atoms with Crippen molar-refractivity contribution in [3.05, 3.63) is 0 Å². The van der Waals surface area contributed by atoms with Crippen LogP contribution in [0.25, 0.3) is 0 Å². The van der Waals surface area contributed by atoms with Gasteiger partial charge in [-0.2, -0.15) is 0 Å². The molecule has 1 heteroatoms. The topological polar surface area (TPSA) is 26.0 Å². The molecule has 2 unspecified atom stereocenters. The van der Waals surface area contributed by atoms with E-state index in [1.54, 1.807) is 0 Å². The van der Waals surface area contributed by atoms with Crippen molar-refractivity contribution < 1.29 is 0 Å². The van der Waals surface area contributed by atoms with Gasteiger partial charge >= 0.3 is 0 Å². The summed E-state index contributed by atoms with van der Waals surface area (Å²) in [6, 6.07) is 0.462. The lowest BCUT2D eigenvalue weighted by Crippen LogP contribution is -2.14. The van der Waals surface area contributed by atoms with Crippen molar-refractivity contribution >= 4 is 0 Å². The molecule has 1 nitrogen and oxygen atoms in total. The first-order valence-corrected chi connectivity index (χ1v) is 3.98. The lowest BCUT2D eigenvalue weighted by molar-refractivity contribution is 0.553. The predicted octanol–water partition coefficient (Wildman–Crippen LogP) is 1.53. The van der Waals surface area contributed by atoms with Crippen molar-refractivity contribution in [1.29, 1.82) is 0 Å². The molecule has 1 fully saturated rings. The van der Waals surface area contributed by atoms with Gasteiger partial charge in [0.25, 0.3) is 0 Å². The van der Waals surface area contributed by atoms with Gasteiger partial charge in [0.2, 0.25) is 0 Å². The van der Waals surface area contributed by atoms with Crippen LogP contribution < -0.4 is 5.73 Å². The van der Waals surface area contributed by atoms with Gasteiger partial charge < -0.3 is 5.73 Å². The molecule has 0 radical (unpaired) electrons. The number of hydrogen-bond acceptors (Lipinski definition) is 1. The highest BCUT2D eigenvalue weighted by Crippen LogP contribution is 2.26. The first-order valence-electron chi connectivity index (χ1n) is 3.98. The van der Waals surface area contributed by atoms with Crippen LogP contribution in [0.15, 0.2) is 0 Å². The summed E-state index contributed by atoms with van der Waals surface area (Å²) >= 11 is 0. The van der Waals surface area contributed by atoms with E-state index >= 15 is 0 Å². The summed E-state index contributed by atoms with van der Waals surface area (Å²) in [5.74, 6) is 6.82. The molecule has 2 atom stereocenters. The number of nitrogens with two attached hydrogens (primary N) is 1. The van der Waals surface area contributed by atoms with Crippen molar-refractivity contribution in [3.8, 4) is 11.8 Å². The smallest absolute Gasteiger partial charge is 0.0117 e. The summed E-state index contributed by atoms with van der Waals surface area (Å²) in [4.78, 5) is 0. The fourth-order valence-corrected chi connectivity index (χ4v) is 1.55. The lowest BCUT2D eigenvalue weighted by Gasteiger charge is -2.02. The van der Waals surface area contributed by atoms with Crippen molar-refractivity contribution in [2.45, 2.75) is 38.6 Å². The molecule has 0 amide bonds. The molecule has 1 rings (SSSR count). The summed E-state index contributed by atoms with van der Waals surface area (Å²) in [6.45, 7) is 1.90. The Morgan fingerprint density at radius 1 is 1.50 bits per heavy atom. The standard InChI is InChI=1S/C9H15N/c1-2-3-4-8-5-6-9(10)7-8/h8-9H,4-7,10H2,1H3. The second kappa shape index (κ2) is 3.63. The third-order valence-electron chi connectivity index (χ3n) is 2.15. The molecule has 1 aliphatic carbocycles. The zero-order valence-electron chi connectivity index (χ0n) is 6.56. The fraction of sp³-hybridized carbons (Fsp3) is 0.778. The van der Waals surface area contributed by atoms with Gasteiger partial charge in [-0.3, -0.25) is 0 Å². The second-order valence-corrected chi connectivity index (χ2v) is 3.07. The molecule has 2 N–H and O–H groups in total. The van der Waals surface area contributed by atoms with Crippen LogP contribution in [0.1, 0.15) is 32.6 Å². The number of hydrogen-bond donors (Lipinski definition) is 1. The van der Waals surface area contributed by atoms with Crippen LogP contribution in [0.4, 0.5) is 0 Å². The molecule has 0 saturated heterocycles. The van der Waals surface area contributed by atoms with Gasteiger partial charge in [0.1, 0.15) is 0 Å². The van der Waals surface area contributed by atoms with Gasteiger partial charge in [-0.05, 0) is 32.1 Å². The highest BCUT2D eigenvalue weighted by Gasteiger charge is 2.20. The molecule has 0 aliphatic heterocycles. The molecule has 0 aromatic carbocycles. The SMILES string of the molecule is CC#CCC1CCC(N)C1. The summed E-state index contributed by atoms with van der Waals surface area (Å²) < 4.78 is 0. The van der Waals surface area contributed by atoms with E-state index in [0.717, 1.165) is 12.3 Å². The van der Waals surface area contributed by atoms with Crippen molar-refractivity contribution in [2.24, 2.45) is 11.7 Å². The molecule has 1 saturated carbocycles. The Kier molecular flexibility index (Phi) is 2.77. The molecule has 0 aromatic heterocycles. The molecule has 0 bridgehead atoms. The summed E-state index contributed by atoms with van der Waals surface area (Å²) in [6.07, 6.45) is 4.74. The molecule has 10 heavy (non-hydrogen) atoms. The van der Waals surface area contributed by atoms with Gasteiger partial charge in [0.15, 0.2) is 0 Å². The van der Waals surface area contributed by atoms with Crippen LogP contribution in [-0.2, 0) is 0 Å². The minimum atomic E-state index is 0.462. The Labute approximate surface area is 63.0 Å². The summed E-state index contributed by atoms with van der Waals surface area (Å²) in [5, 5.41) is 0. The minimum Gasteiger partial charge on any atom is -0.328 e. The Morgan fingerprint density at radius 2 is 2.30 bits per heavy atom. The van der Waals surface area contributed by atoms with Crippen LogP contribution in [0.3, 0.4) is 0 Å². The van der Waals surface area contributed by atoms with E-state index in [1.165, 1.54) is 19.3 Å². The van der Waals surface area contributed by atoms with E-state index in [2.05, 4.69) is 11.8 Å². The maximum Gasteiger partial charge on any atom is 0.0117 e. The quantitative estimate of drug-likeness (QED) is 0.545. The van der Waals surface area contributed by atoms with Crippen molar-refractivity contribution in [3.63, 3.8) is 0 Å². The normalized spacial score (nSPS) is 31.4. The average molecular weight is 137 g/mol. The Bertz CT molecular complexity index is 152. The van der Waals surface area contributed by atoms with E-state index in [9.17, 15) is 0 Å². The third-order valence-corrected chi connectivity index (χ3v) is 2.15. The molecule has 0 spiro atoms. The van der Waals surface area contributed by atoms with Crippen LogP contribution in [0.2, 0.25) is 0 Å². The summed E-state index contributed by atoms with van der Waals surface area (Å²) in [5.41, 5.74) is 5.75. The van der Waals surface area contributed by atoms with Gasteiger partial charge in [0.05, 0.1) is 0 Å². The highest BCUT2D eigenvalue weighted by molar-refractivity contribution is 4.98. The van der Waals surface area contributed by atoms with Crippen LogP contribution in [-0.4, -0.2) is 6.04 Å². The Hall–Kier alpha value is -0.480. The molecular weight excluding hydrogens is 122 g/mol. The van der Waals surface area contributed by atoms with Crippen LogP contribution >= 0.6 is 0 Å². The first-order chi connectivity index (χ1) is 4.83. The van der Waals surface area contributed by atoms with Gasteiger partial charge in [-0.15, -0.1) is 11.8 Å². The molecule has 1 aliphatic rings. The fourth-order valence-electron chi connectivity index (χ4n) is 1.55. The molecular formula is C9H15N. The average Bonchev–Trinajstić information content (AvgIpc) is 2.31. The van der Waals surface area contributed by atoms with Crippen molar-refractivity contribution in [1.82, 2.24) is 0 Å². The van der Waals surface area contributed by atoms with Crippen molar-refractivity contribution in [2.75, 3.05) is 0 Å². The van der Waals surface area contributed by atoms with E-state index in [-0.39, 0.29) is 0 Å². The Morgan fingerprint density at radius 3 is 2.80 bits per heavy atom. The van der Waals surface area contributed by atoms with E-state index in [1.807, 2.05) is 6.92 Å². The van der Waals surface area contributed by atoms with E-state index in [4.69, 9.17) is 5.73 Å². The lowest BCUT2D eigenvalue weighted by atomic mass is 10.0.